The summed E-state index contributed by atoms with van der Waals surface area (Å²) in [6.45, 7) is 7.63. The van der Waals surface area contributed by atoms with Crippen molar-refractivity contribution >= 4 is 34.5 Å². The number of hydrogen-bond acceptors (Lipinski definition) is 4. The number of methoxy groups -OCH3 is 1. The van der Waals surface area contributed by atoms with Crippen LogP contribution in [0.3, 0.4) is 0 Å². The highest BCUT2D eigenvalue weighted by Crippen LogP contribution is 2.29. The van der Waals surface area contributed by atoms with Gasteiger partial charge in [0, 0.05) is 22.5 Å². The smallest absolute Gasteiger partial charge is 0.255 e. The number of carbonyl (C=O) groups excluding carboxylic acids is 1. The zero-order valence-electron chi connectivity index (χ0n) is 12.1. The van der Waals surface area contributed by atoms with Crippen LogP contribution in [0.2, 0.25) is 0 Å². The van der Waals surface area contributed by atoms with Gasteiger partial charge in [0.25, 0.3) is 5.91 Å². The minimum absolute atomic E-state index is 0.136. The highest BCUT2D eigenvalue weighted by atomic mass is 79.9. The number of ether oxygens (including phenoxy) is 1. The number of halogens is 1. The van der Waals surface area contributed by atoms with Crippen molar-refractivity contribution in [3.63, 3.8) is 0 Å². The van der Waals surface area contributed by atoms with E-state index >= 15 is 0 Å². The maximum Gasteiger partial charge on any atom is 0.255 e. The van der Waals surface area contributed by atoms with E-state index in [2.05, 4.69) is 52.6 Å². The molecule has 4 nitrogen and oxygen atoms in total. The third-order valence-corrected chi connectivity index (χ3v) is 4.45. The number of rotatable bonds is 7. The van der Waals surface area contributed by atoms with Gasteiger partial charge in [-0.25, -0.2) is 0 Å². The second-order valence-electron chi connectivity index (χ2n) is 4.29. The average Bonchev–Trinajstić information content (AvgIpc) is 2.45. The molecule has 1 amide bonds. The van der Waals surface area contributed by atoms with E-state index in [9.17, 15) is 4.79 Å². The van der Waals surface area contributed by atoms with Gasteiger partial charge in [0.05, 0.1) is 12.7 Å². The molecule has 0 aliphatic carbocycles. The van der Waals surface area contributed by atoms with Gasteiger partial charge in [0.2, 0.25) is 0 Å². The van der Waals surface area contributed by atoms with Crippen LogP contribution in [-0.4, -0.2) is 44.1 Å². The van der Waals surface area contributed by atoms with Crippen LogP contribution in [0.1, 0.15) is 24.2 Å². The first-order chi connectivity index (χ1) is 9.53. The Morgan fingerprint density at radius 1 is 1.40 bits per heavy atom. The molecule has 0 fully saturated rings. The van der Waals surface area contributed by atoms with Gasteiger partial charge in [-0.05, 0) is 41.2 Å². The van der Waals surface area contributed by atoms with Gasteiger partial charge in [0.15, 0.2) is 0 Å². The Balaban J connectivity index is 2.70. The molecule has 0 aliphatic heterocycles. The van der Waals surface area contributed by atoms with Crippen LogP contribution in [0.25, 0.3) is 0 Å². The molecule has 0 heterocycles. The molecule has 0 aromatic heterocycles. The standard InChI is InChI=1S/C14H21BrN2O2S/c1-4-17(5-2)7-6-16-14(18)10-8-11(15)13(20)9-12(10)19-3/h8-9,20H,4-7H2,1-3H3,(H,16,18). The fourth-order valence-electron chi connectivity index (χ4n) is 1.85. The SMILES string of the molecule is CCN(CC)CCNC(=O)c1cc(Br)c(S)cc1OC. The summed E-state index contributed by atoms with van der Waals surface area (Å²) in [6, 6.07) is 3.46. The molecule has 0 saturated heterocycles. The molecule has 0 aliphatic rings. The minimum atomic E-state index is -0.136. The van der Waals surface area contributed by atoms with Crippen molar-refractivity contribution in [3.8, 4) is 5.75 Å². The van der Waals surface area contributed by atoms with E-state index in [4.69, 9.17) is 4.74 Å². The third kappa shape index (κ3) is 4.68. The van der Waals surface area contributed by atoms with Gasteiger partial charge in [-0.3, -0.25) is 4.79 Å². The lowest BCUT2D eigenvalue weighted by Crippen LogP contribution is -2.34. The quantitative estimate of drug-likeness (QED) is 0.734. The van der Waals surface area contributed by atoms with Crippen molar-refractivity contribution in [1.29, 1.82) is 0 Å². The van der Waals surface area contributed by atoms with Gasteiger partial charge in [-0.2, -0.15) is 0 Å². The fraction of sp³-hybridized carbons (Fsp3) is 0.500. The Hall–Kier alpha value is -0.720. The molecule has 0 bridgehead atoms. The van der Waals surface area contributed by atoms with Gasteiger partial charge >= 0.3 is 0 Å². The summed E-state index contributed by atoms with van der Waals surface area (Å²) in [7, 11) is 1.54. The molecule has 6 heteroatoms. The lowest BCUT2D eigenvalue weighted by molar-refractivity contribution is 0.0945. The van der Waals surface area contributed by atoms with Crippen LogP contribution in [0.5, 0.6) is 5.75 Å². The van der Waals surface area contributed by atoms with E-state index in [1.54, 1.807) is 19.2 Å². The highest BCUT2D eigenvalue weighted by molar-refractivity contribution is 9.10. The molecule has 0 radical (unpaired) electrons. The second-order valence-corrected chi connectivity index (χ2v) is 5.62. The lowest BCUT2D eigenvalue weighted by Gasteiger charge is -2.18. The van der Waals surface area contributed by atoms with Crippen LogP contribution >= 0.6 is 28.6 Å². The number of thiol groups is 1. The largest absolute Gasteiger partial charge is 0.496 e. The number of amides is 1. The van der Waals surface area contributed by atoms with Crippen LogP contribution in [-0.2, 0) is 0 Å². The van der Waals surface area contributed by atoms with Gasteiger partial charge in [0.1, 0.15) is 5.75 Å². The number of carbonyl (C=O) groups is 1. The lowest BCUT2D eigenvalue weighted by atomic mass is 10.2. The van der Waals surface area contributed by atoms with Crippen molar-refractivity contribution in [1.82, 2.24) is 10.2 Å². The third-order valence-electron chi connectivity index (χ3n) is 3.12. The van der Waals surface area contributed by atoms with Crippen LogP contribution in [0.4, 0.5) is 0 Å². The van der Waals surface area contributed by atoms with E-state index in [-0.39, 0.29) is 5.91 Å². The number of nitrogens with zero attached hydrogens (tertiary/aromatic N) is 1. The molecule has 1 aromatic carbocycles. The molecule has 1 N–H and O–H groups in total. The van der Waals surface area contributed by atoms with E-state index < -0.39 is 0 Å². The molecule has 0 unspecified atom stereocenters. The molecular weight excluding hydrogens is 340 g/mol. The normalized spacial score (nSPS) is 10.7. The van der Waals surface area contributed by atoms with Crippen molar-refractivity contribution in [2.24, 2.45) is 0 Å². The predicted molar refractivity (Wildman–Crippen MR) is 88.1 cm³/mol. The molecule has 20 heavy (non-hydrogen) atoms. The summed E-state index contributed by atoms with van der Waals surface area (Å²) in [5, 5.41) is 2.91. The molecule has 112 valence electrons. The van der Waals surface area contributed by atoms with Crippen molar-refractivity contribution < 1.29 is 9.53 Å². The van der Waals surface area contributed by atoms with Crippen molar-refractivity contribution in [3.05, 3.63) is 22.2 Å². The van der Waals surface area contributed by atoms with Gasteiger partial charge in [-0.15, -0.1) is 12.6 Å². The second kappa shape index (κ2) is 8.54. The number of likely N-dealkylation sites (N-methyl/N-ethyl adjacent to an activating group) is 1. The monoisotopic (exact) mass is 360 g/mol. The first-order valence-electron chi connectivity index (χ1n) is 6.60. The van der Waals surface area contributed by atoms with Gasteiger partial charge in [-0.1, -0.05) is 13.8 Å². The van der Waals surface area contributed by atoms with E-state index in [0.29, 0.717) is 17.9 Å². The van der Waals surface area contributed by atoms with Crippen LogP contribution < -0.4 is 10.1 Å². The van der Waals surface area contributed by atoms with Gasteiger partial charge < -0.3 is 15.0 Å². The summed E-state index contributed by atoms with van der Waals surface area (Å²) >= 11 is 7.67. The summed E-state index contributed by atoms with van der Waals surface area (Å²) in [5.41, 5.74) is 0.511. The van der Waals surface area contributed by atoms with Crippen LogP contribution in [0, 0.1) is 0 Å². The zero-order chi connectivity index (χ0) is 15.1. The minimum Gasteiger partial charge on any atom is -0.496 e. The van der Waals surface area contributed by atoms with Crippen molar-refractivity contribution in [2.75, 3.05) is 33.3 Å². The predicted octanol–water partition coefficient (Wildman–Crippen LogP) is 2.82. The Bertz CT molecular complexity index is 465. The Kier molecular flexibility index (Phi) is 7.40. The Morgan fingerprint density at radius 3 is 2.60 bits per heavy atom. The maximum absolute atomic E-state index is 12.2. The maximum atomic E-state index is 12.2. The van der Waals surface area contributed by atoms with E-state index in [1.165, 1.54) is 0 Å². The molecule has 1 rings (SSSR count). The fourth-order valence-corrected chi connectivity index (χ4v) is 2.38. The molecule has 0 saturated carbocycles. The molecule has 0 spiro atoms. The van der Waals surface area contributed by atoms with Crippen LogP contribution in [0.15, 0.2) is 21.5 Å². The molecule has 1 aromatic rings. The number of benzene rings is 1. The average molecular weight is 361 g/mol. The van der Waals surface area contributed by atoms with E-state index in [0.717, 1.165) is 29.0 Å². The first-order valence-corrected chi connectivity index (χ1v) is 7.84. The summed E-state index contributed by atoms with van der Waals surface area (Å²) in [5.74, 6) is 0.390. The Morgan fingerprint density at radius 2 is 2.05 bits per heavy atom. The molecular formula is C14H21BrN2O2S. The number of nitrogens with one attached hydrogen (secondary N) is 1. The summed E-state index contributed by atoms with van der Waals surface area (Å²) in [4.78, 5) is 15.2. The Labute approximate surface area is 134 Å². The number of hydrogen-bond donors (Lipinski definition) is 2. The first kappa shape index (κ1) is 17.3. The zero-order valence-corrected chi connectivity index (χ0v) is 14.6. The van der Waals surface area contributed by atoms with E-state index in [1.807, 2.05) is 0 Å². The topological polar surface area (TPSA) is 41.6 Å². The summed E-state index contributed by atoms with van der Waals surface area (Å²) in [6.07, 6.45) is 0. The van der Waals surface area contributed by atoms with Crippen molar-refractivity contribution in [2.45, 2.75) is 18.7 Å². The highest BCUT2D eigenvalue weighted by Gasteiger charge is 2.14. The molecule has 0 atom stereocenters. The summed E-state index contributed by atoms with van der Waals surface area (Å²) < 4.78 is 6.00.